The molecule has 1 rings (SSSR count). The molecule has 0 unspecified atom stereocenters. The summed E-state index contributed by atoms with van der Waals surface area (Å²) < 4.78 is 0.555. The second kappa shape index (κ2) is 5.46. The maximum Gasteiger partial charge on any atom is 0.167 e. The molecule has 0 saturated carbocycles. The van der Waals surface area contributed by atoms with Crippen LogP contribution < -0.4 is 5.73 Å². The van der Waals surface area contributed by atoms with Gasteiger partial charge in [0.05, 0.1) is 10.0 Å². The summed E-state index contributed by atoms with van der Waals surface area (Å²) in [6.45, 7) is 4.37. The van der Waals surface area contributed by atoms with Gasteiger partial charge in [0.1, 0.15) is 5.75 Å². The molecule has 4 heteroatoms. The van der Waals surface area contributed by atoms with Crippen LogP contribution in [0.4, 0.5) is 0 Å². The summed E-state index contributed by atoms with van der Waals surface area (Å²) in [5, 5.41) is 9.79. The highest BCUT2D eigenvalue weighted by Crippen LogP contribution is 2.32. The number of benzene rings is 1. The van der Waals surface area contributed by atoms with E-state index in [0.717, 1.165) is 5.56 Å². The Kier molecular flexibility index (Phi) is 4.50. The molecule has 0 aromatic heterocycles. The normalized spacial score (nSPS) is 10.8. The molecule has 1 aromatic rings. The highest BCUT2D eigenvalue weighted by atomic mass is 79.9. The van der Waals surface area contributed by atoms with Gasteiger partial charge in [0, 0.05) is 6.42 Å². The van der Waals surface area contributed by atoms with Gasteiger partial charge >= 0.3 is 0 Å². The average molecular weight is 286 g/mol. The lowest BCUT2D eigenvalue weighted by molar-refractivity contribution is 0.0982. The number of carbonyl (C=O) groups is 1. The Morgan fingerprint density at radius 1 is 1.50 bits per heavy atom. The molecule has 16 heavy (non-hydrogen) atoms. The van der Waals surface area contributed by atoms with E-state index in [1.165, 1.54) is 0 Å². The number of nitrogens with two attached hydrogens (primary N) is 1. The van der Waals surface area contributed by atoms with E-state index >= 15 is 0 Å². The number of aromatic hydroxyl groups is 1. The van der Waals surface area contributed by atoms with E-state index in [4.69, 9.17) is 5.73 Å². The third-order valence-corrected chi connectivity index (χ3v) is 3.03. The minimum atomic E-state index is -0.122. The molecule has 0 heterocycles. The summed E-state index contributed by atoms with van der Waals surface area (Å²) in [7, 11) is 0. The van der Waals surface area contributed by atoms with Crippen molar-refractivity contribution < 1.29 is 9.90 Å². The number of ketones is 1. The smallest absolute Gasteiger partial charge is 0.167 e. The summed E-state index contributed by atoms with van der Waals surface area (Å²) in [5.41, 5.74) is 6.71. The molecule has 0 aliphatic heterocycles. The van der Waals surface area contributed by atoms with Crippen molar-refractivity contribution in [2.75, 3.05) is 6.54 Å². The molecule has 3 N–H and O–H groups in total. The van der Waals surface area contributed by atoms with Gasteiger partial charge in [-0.3, -0.25) is 4.79 Å². The summed E-state index contributed by atoms with van der Waals surface area (Å²) in [5.74, 6) is 0.187. The Bertz CT molecular complexity index is 402. The standard InChI is InChI=1S/C12H16BrNO2/c1-7(2)8-5-9(11(15)3-4-14)12(16)10(13)6-8/h5-7,16H,3-4,14H2,1-2H3. The highest BCUT2D eigenvalue weighted by Gasteiger charge is 2.15. The summed E-state index contributed by atoms with van der Waals surface area (Å²) in [6.07, 6.45) is 0.252. The number of phenolic OH excluding ortho intramolecular Hbond substituents is 1. The van der Waals surface area contributed by atoms with E-state index in [2.05, 4.69) is 15.9 Å². The van der Waals surface area contributed by atoms with Crippen LogP contribution in [0.1, 0.15) is 42.1 Å². The van der Waals surface area contributed by atoms with Gasteiger partial charge in [0.2, 0.25) is 0 Å². The monoisotopic (exact) mass is 285 g/mol. The number of phenols is 1. The van der Waals surface area contributed by atoms with Crippen LogP contribution in [0.5, 0.6) is 5.75 Å². The molecule has 0 aliphatic rings. The third-order valence-electron chi connectivity index (χ3n) is 2.42. The molecule has 0 saturated heterocycles. The molecule has 0 spiro atoms. The molecule has 0 radical (unpaired) electrons. The van der Waals surface area contributed by atoms with E-state index in [1.807, 2.05) is 19.9 Å². The number of Topliss-reactive ketones (excluding diaryl/α,β-unsaturated/α-hetero) is 1. The largest absolute Gasteiger partial charge is 0.506 e. The quantitative estimate of drug-likeness (QED) is 0.836. The van der Waals surface area contributed by atoms with Crippen molar-refractivity contribution in [1.29, 1.82) is 0 Å². The van der Waals surface area contributed by atoms with Crippen molar-refractivity contribution in [2.45, 2.75) is 26.2 Å². The fourth-order valence-corrected chi connectivity index (χ4v) is 1.91. The van der Waals surface area contributed by atoms with E-state index in [9.17, 15) is 9.90 Å². The topological polar surface area (TPSA) is 63.3 Å². The molecule has 1 aromatic carbocycles. The molecule has 0 aliphatic carbocycles. The predicted molar refractivity (Wildman–Crippen MR) is 67.9 cm³/mol. The van der Waals surface area contributed by atoms with Crippen LogP contribution in [0.15, 0.2) is 16.6 Å². The first-order chi connectivity index (χ1) is 7.47. The Morgan fingerprint density at radius 3 is 2.62 bits per heavy atom. The maximum absolute atomic E-state index is 11.7. The number of rotatable bonds is 4. The van der Waals surface area contributed by atoms with Crippen LogP contribution in [0, 0.1) is 0 Å². The third kappa shape index (κ3) is 2.83. The molecule has 88 valence electrons. The van der Waals surface area contributed by atoms with Crippen molar-refractivity contribution in [3.8, 4) is 5.75 Å². The van der Waals surface area contributed by atoms with Gasteiger partial charge in [-0.2, -0.15) is 0 Å². The van der Waals surface area contributed by atoms with Crippen LogP contribution in [-0.2, 0) is 0 Å². The van der Waals surface area contributed by atoms with Crippen LogP contribution >= 0.6 is 15.9 Å². The van der Waals surface area contributed by atoms with Gasteiger partial charge in [0.15, 0.2) is 5.78 Å². The summed E-state index contributed by atoms with van der Waals surface area (Å²) in [4.78, 5) is 11.7. The van der Waals surface area contributed by atoms with Crippen molar-refractivity contribution in [3.05, 3.63) is 27.7 Å². The molecular weight excluding hydrogens is 270 g/mol. The molecule has 0 fully saturated rings. The van der Waals surface area contributed by atoms with E-state index in [1.54, 1.807) is 6.07 Å². The van der Waals surface area contributed by atoms with Gasteiger partial charge < -0.3 is 10.8 Å². The summed E-state index contributed by atoms with van der Waals surface area (Å²) in [6, 6.07) is 3.57. The van der Waals surface area contributed by atoms with Crippen molar-refractivity contribution in [3.63, 3.8) is 0 Å². The first kappa shape index (κ1) is 13.2. The number of carbonyl (C=O) groups excluding carboxylic acids is 1. The molecule has 3 nitrogen and oxygen atoms in total. The number of hydrogen-bond donors (Lipinski definition) is 2. The van der Waals surface area contributed by atoms with Crippen molar-refractivity contribution in [2.24, 2.45) is 5.73 Å². The minimum Gasteiger partial charge on any atom is -0.506 e. The van der Waals surface area contributed by atoms with Crippen molar-refractivity contribution >= 4 is 21.7 Å². The van der Waals surface area contributed by atoms with Crippen molar-refractivity contribution in [1.82, 2.24) is 0 Å². The highest BCUT2D eigenvalue weighted by molar-refractivity contribution is 9.10. The van der Waals surface area contributed by atoms with E-state index < -0.39 is 0 Å². The number of hydrogen-bond acceptors (Lipinski definition) is 3. The summed E-state index contributed by atoms with van der Waals surface area (Å²) >= 11 is 3.25. The first-order valence-electron chi connectivity index (χ1n) is 5.23. The lowest BCUT2D eigenvalue weighted by atomic mass is 9.97. The molecule has 0 atom stereocenters. The van der Waals surface area contributed by atoms with Gasteiger partial charge in [-0.25, -0.2) is 0 Å². The fraction of sp³-hybridized carbons (Fsp3) is 0.417. The second-order valence-corrected chi connectivity index (χ2v) is 4.87. The Morgan fingerprint density at radius 2 is 2.12 bits per heavy atom. The second-order valence-electron chi connectivity index (χ2n) is 4.02. The lowest BCUT2D eigenvalue weighted by Crippen LogP contribution is -2.09. The van der Waals surface area contributed by atoms with Crippen LogP contribution in [0.3, 0.4) is 0 Å². The SMILES string of the molecule is CC(C)c1cc(Br)c(O)c(C(=O)CCN)c1. The number of halogens is 1. The van der Waals surface area contributed by atoms with Gasteiger partial charge in [0.25, 0.3) is 0 Å². The zero-order chi connectivity index (χ0) is 12.3. The van der Waals surface area contributed by atoms with E-state index in [-0.39, 0.29) is 18.0 Å². The maximum atomic E-state index is 11.7. The minimum absolute atomic E-state index is 0.00264. The van der Waals surface area contributed by atoms with Crippen LogP contribution in [0.25, 0.3) is 0 Å². The van der Waals surface area contributed by atoms with Crippen LogP contribution in [0.2, 0.25) is 0 Å². The average Bonchev–Trinajstić information content (AvgIpc) is 2.21. The Hall–Kier alpha value is -0.870. The van der Waals surface area contributed by atoms with E-state index in [0.29, 0.717) is 22.5 Å². The molecule has 0 bridgehead atoms. The fourth-order valence-electron chi connectivity index (χ4n) is 1.43. The molecular formula is C12H16BrNO2. The lowest BCUT2D eigenvalue weighted by Gasteiger charge is -2.11. The Balaban J connectivity index is 3.21. The van der Waals surface area contributed by atoms with Gasteiger partial charge in [-0.15, -0.1) is 0 Å². The first-order valence-corrected chi connectivity index (χ1v) is 6.02. The zero-order valence-electron chi connectivity index (χ0n) is 9.46. The predicted octanol–water partition coefficient (Wildman–Crippen LogP) is 2.81. The van der Waals surface area contributed by atoms with Gasteiger partial charge in [-0.1, -0.05) is 13.8 Å². The Labute approximate surface area is 104 Å². The zero-order valence-corrected chi connectivity index (χ0v) is 11.0. The molecule has 0 amide bonds. The van der Waals surface area contributed by atoms with Gasteiger partial charge in [-0.05, 0) is 46.1 Å². The van der Waals surface area contributed by atoms with Crippen LogP contribution in [-0.4, -0.2) is 17.4 Å².